The summed E-state index contributed by atoms with van der Waals surface area (Å²) in [5.41, 5.74) is 3.52. The number of carbonyl (C=O) groups is 1. The molecule has 0 bridgehead atoms. The smallest absolute Gasteiger partial charge is 0.298 e. The third kappa shape index (κ3) is 4.89. The number of aryl methyl sites for hydroxylation is 2. The molecule has 1 atom stereocenters. The van der Waals surface area contributed by atoms with Gasteiger partial charge in [-0.25, -0.2) is 0 Å². The van der Waals surface area contributed by atoms with Crippen molar-refractivity contribution in [2.24, 2.45) is 0 Å². The van der Waals surface area contributed by atoms with Gasteiger partial charge in [0.25, 0.3) is 5.03 Å². The quantitative estimate of drug-likeness (QED) is 0.473. The maximum Gasteiger partial charge on any atom is 0.298 e. The zero-order valence-corrected chi connectivity index (χ0v) is 17.6. The number of nitrogens with one attached hydrogen (secondary N) is 1. The molecule has 3 rings (SSSR count). The highest BCUT2D eigenvalue weighted by Gasteiger charge is 2.28. The van der Waals surface area contributed by atoms with E-state index in [2.05, 4.69) is 10.6 Å². The Labute approximate surface area is 173 Å². The van der Waals surface area contributed by atoms with Gasteiger partial charge in [-0.3, -0.25) is 4.79 Å². The maximum absolute atomic E-state index is 12.8. The average Bonchev–Trinajstić information content (AvgIpc) is 3.05. The number of hydrogen-bond donors (Lipinski definition) is 1. The van der Waals surface area contributed by atoms with E-state index in [4.69, 9.17) is 9.26 Å². The topological polar surface area (TPSA) is 91.3 Å². The maximum atomic E-state index is 12.8. The fraction of sp³-hybridized carbons (Fsp3) is 0.286. The number of carbonyl (C=O) groups excluding carboxylic acids is 1. The van der Waals surface area contributed by atoms with Crippen LogP contribution in [-0.4, -0.2) is 23.5 Å². The number of rotatable bonds is 7. The molecule has 0 saturated heterocycles. The number of benzene rings is 2. The van der Waals surface area contributed by atoms with Crippen LogP contribution in [0.3, 0.4) is 0 Å². The molecule has 0 aliphatic rings. The van der Waals surface area contributed by atoms with Crippen LogP contribution in [0.4, 0.5) is 5.69 Å². The SMILES string of the molecule is CCC(Sc1c([O-])on[n+]1-c1ccc(OC)cc1)C(=O)Nc1cc(C)cc(C)c1. The van der Waals surface area contributed by atoms with Gasteiger partial charge < -0.3 is 19.7 Å². The van der Waals surface area contributed by atoms with Crippen LogP contribution in [0, 0.1) is 13.8 Å². The Balaban J connectivity index is 1.81. The minimum atomic E-state index is -0.580. The molecule has 1 heterocycles. The number of hydrogen-bond acceptors (Lipinski definition) is 6. The summed E-state index contributed by atoms with van der Waals surface area (Å²) in [6.45, 7) is 5.86. The fourth-order valence-corrected chi connectivity index (χ4v) is 3.93. The molecule has 0 fully saturated rings. The molecule has 0 aliphatic heterocycles. The van der Waals surface area contributed by atoms with Crippen LogP contribution >= 0.6 is 11.8 Å². The third-order valence-electron chi connectivity index (χ3n) is 4.30. The zero-order valence-electron chi connectivity index (χ0n) is 16.8. The highest BCUT2D eigenvalue weighted by atomic mass is 32.2. The number of anilines is 1. The molecule has 1 unspecified atom stereocenters. The standard InChI is InChI=1S/C21H23N3O4S/c1-5-18(19(25)22-15-11-13(2)10-14(3)12-15)29-20-21(26)28-23-24(20)16-6-8-17(27-4)9-7-16/h6-12,18H,5H2,1-4H3,(H-,22,23,25,26). The number of ether oxygens (including phenoxy) is 1. The van der Waals surface area contributed by atoms with Gasteiger partial charge in [0, 0.05) is 17.8 Å². The van der Waals surface area contributed by atoms with Gasteiger partial charge in [-0.05, 0) is 72.1 Å². The Hall–Kier alpha value is -3.00. The largest absolute Gasteiger partial charge is 0.538 e. The molecule has 1 N–H and O–H groups in total. The van der Waals surface area contributed by atoms with Crippen LogP contribution in [0.5, 0.6) is 11.7 Å². The van der Waals surface area contributed by atoms with E-state index in [1.54, 1.807) is 31.4 Å². The second kappa shape index (κ2) is 9.00. The van der Waals surface area contributed by atoms with E-state index in [9.17, 15) is 9.90 Å². The minimum Gasteiger partial charge on any atom is -0.538 e. The Morgan fingerprint density at radius 3 is 2.48 bits per heavy atom. The molecular formula is C21H23N3O4S. The van der Waals surface area contributed by atoms with Gasteiger partial charge in [0.15, 0.2) is 5.95 Å². The molecule has 8 heteroatoms. The Morgan fingerprint density at radius 2 is 1.90 bits per heavy atom. The molecule has 152 valence electrons. The number of thioether (sulfide) groups is 1. The van der Waals surface area contributed by atoms with Crippen LogP contribution in [-0.2, 0) is 4.79 Å². The molecule has 0 aliphatic carbocycles. The summed E-state index contributed by atoms with van der Waals surface area (Å²) < 4.78 is 11.4. The van der Waals surface area contributed by atoms with Crippen molar-refractivity contribution in [3.63, 3.8) is 0 Å². The second-order valence-corrected chi connectivity index (χ2v) is 7.85. The summed E-state index contributed by atoms with van der Waals surface area (Å²) in [6.07, 6.45) is 0.536. The highest BCUT2D eigenvalue weighted by Crippen LogP contribution is 2.30. The van der Waals surface area contributed by atoms with E-state index in [0.717, 1.165) is 28.6 Å². The Kier molecular flexibility index (Phi) is 6.43. The number of aromatic nitrogens is 2. The van der Waals surface area contributed by atoms with E-state index in [-0.39, 0.29) is 10.9 Å². The first-order chi connectivity index (χ1) is 13.9. The van der Waals surface area contributed by atoms with E-state index in [0.29, 0.717) is 17.9 Å². The van der Waals surface area contributed by atoms with Gasteiger partial charge in [0.05, 0.1) is 17.6 Å². The van der Waals surface area contributed by atoms with E-state index >= 15 is 0 Å². The van der Waals surface area contributed by atoms with Crippen molar-refractivity contribution in [3.8, 4) is 17.4 Å². The predicted octanol–water partition coefficient (Wildman–Crippen LogP) is 3.16. The molecule has 1 amide bonds. The monoisotopic (exact) mass is 413 g/mol. The fourth-order valence-electron chi connectivity index (χ4n) is 2.95. The molecule has 0 radical (unpaired) electrons. The lowest BCUT2D eigenvalue weighted by molar-refractivity contribution is -0.705. The van der Waals surface area contributed by atoms with Gasteiger partial charge in [-0.2, -0.15) is 0 Å². The first-order valence-corrected chi connectivity index (χ1v) is 10.1. The van der Waals surface area contributed by atoms with Crippen LogP contribution in [0.2, 0.25) is 0 Å². The van der Waals surface area contributed by atoms with Crippen LogP contribution in [0.25, 0.3) is 5.69 Å². The van der Waals surface area contributed by atoms with E-state index < -0.39 is 11.2 Å². The van der Waals surface area contributed by atoms with Gasteiger partial charge in [-0.1, -0.05) is 13.0 Å². The number of nitrogens with zero attached hydrogens (tertiary/aromatic N) is 2. The molecule has 29 heavy (non-hydrogen) atoms. The summed E-state index contributed by atoms with van der Waals surface area (Å²) in [7, 11) is 1.58. The lowest BCUT2D eigenvalue weighted by atomic mass is 10.1. The lowest BCUT2D eigenvalue weighted by Crippen LogP contribution is -2.36. The van der Waals surface area contributed by atoms with Gasteiger partial charge in [-0.15, -0.1) is 0 Å². The number of methoxy groups -OCH3 is 1. The van der Waals surface area contributed by atoms with Crippen molar-refractivity contribution < 1.29 is 23.8 Å². The molecule has 0 spiro atoms. The Bertz CT molecular complexity index is 981. The van der Waals surface area contributed by atoms with Crippen molar-refractivity contribution in [1.82, 2.24) is 5.27 Å². The highest BCUT2D eigenvalue weighted by molar-refractivity contribution is 8.00. The van der Waals surface area contributed by atoms with Crippen LogP contribution in [0.1, 0.15) is 24.5 Å². The van der Waals surface area contributed by atoms with Crippen molar-refractivity contribution in [2.45, 2.75) is 37.5 Å². The first-order valence-electron chi connectivity index (χ1n) is 9.20. The van der Waals surface area contributed by atoms with Gasteiger partial charge in [0.1, 0.15) is 5.75 Å². The van der Waals surface area contributed by atoms with Crippen molar-refractivity contribution in [3.05, 3.63) is 53.6 Å². The van der Waals surface area contributed by atoms with Crippen LogP contribution in [0.15, 0.2) is 52.0 Å². The summed E-state index contributed by atoms with van der Waals surface area (Å²) in [5.74, 6) is -0.0681. The minimum absolute atomic E-state index is 0.176. The van der Waals surface area contributed by atoms with Crippen molar-refractivity contribution in [1.29, 1.82) is 0 Å². The summed E-state index contributed by atoms with van der Waals surface area (Å²) in [5, 5.41) is 18.8. The summed E-state index contributed by atoms with van der Waals surface area (Å²) >= 11 is 1.14. The van der Waals surface area contributed by atoms with Gasteiger partial charge >= 0.3 is 0 Å². The van der Waals surface area contributed by atoms with E-state index in [1.807, 2.05) is 39.0 Å². The molecular weight excluding hydrogens is 390 g/mol. The second-order valence-electron chi connectivity index (χ2n) is 6.66. The molecule has 1 aromatic heterocycles. The molecule has 2 aromatic carbocycles. The first kappa shape index (κ1) is 20.7. The van der Waals surface area contributed by atoms with Gasteiger partial charge in [0.2, 0.25) is 11.6 Å². The molecule has 0 saturated carbocycles. The molecule has 7 nitrogen and oxygen atoms in total. The molecule has 3 aromatic rings. The lowest BCUT2D eigenvalue weighted by Gasteiger charge is -2.14. The number of amides is 1. The zero-order chi connectivity index (χ0) is 21.0. The van der Waals surface area contributed by atoms with Crippen molar-refractivity contribution in [2.75, 3.05) is 12.4 Å². The van der Waals surface area contributed by atoms with Crippen molar-refractivity contribution >= 4 is 23.4 Å². The predicted molar refractivity (Wildman–Crippen MR) is 109 cm³/mol. The normalized spacial score (nSPS) is 11.9. The van der Waals surface area contributed by atoms with E-state index in [1.165, 1.54) is 4.68 Å². The average molecular weight is 413 g/mol. The summed E-state index contributed by atoms with van der Waals surface area (Å²) in [4.78, 5) is 12.8. The van der Waals surface area contributed by atoms with Crippen LogP contribution < -0.4 is 19.8 Å². The Morgan fingerprint density at radius 1 is 1.24 bits per heavy atom. The summed E-state index contributed by atoms with van der Waals surface area (Å²) in [6, 6.07) is 12.9. The third-order valence-corrected chi connectivity index (χ3v) is 5.69.